The van der Waals surface area contributed by atoms with E-state index in [9.17, 15) is 4.79 Å². The smallest absolute Gasteiger partial charge is 0.253 e. The number of aliphatic hydroxyl groups excluding tert-OH is 2. The third kappa shape index (κ3) is 3.55. The van der Waals surface area contributed by atoms with Gasteiger partial charge in [0.1, 0.15) is 6.10 Å². The van der Waals surface area contributed by atoms with Gasteiger partial charge in [-0.25, -0.2) is 0 Å². The lowest BCUT2D eigenvalue weighted by Gasteiger charge is -2.14. The predicted octanol–water partition coefficient (Wildman–Crippen LogP) is -0.438. The summed E-state index contributed by atoms with van der Waals surface area (Å²) in [6.45, 7) is 1.30. The quantitative estimate of drug-likeness (QED) is 0.630. The van der Waals surface area contributed by atoms with Crippen LogP contribution in [-0.4, -0.2) is 41.6 Å². The number of H-pyrrole nitrogens is 1. The van der Waals surface area contributed by atoms with E-state index < -0.39 is 6.10 Å². The average molecular weight is 243 g/mol. The van der Waals surface area contributed by atoms with E-state index in [1.54, 1.807) is 13.0 Å². The Morgan fingerprint density at radius 3 is 2.59 bits per heavy atom. The van der Waals surface area contributed by atoms with E-state index >= 15 is 0 Å². The number of ether oxygens (including phenoxy) is 2. The molecular weight excluding hydrogens is 226 g/mol. The van der Waals surface area contributed by atoms with Crippen molar-refractivity contribution in [3.8, 4) is 5.88 Å². The molecule has 17 heavy (non-hydrogen) atoms. The first kappa shape index (κ1) is 13.7. The van der Waals surface area contributed by atoms with Gasteiger partial charge in [0.15, 0.2) is 5.88 Å². The number of pyridine rings is 1. The number of aryl methyl sites for hydroxylation is 1. The van der Waals surface area contributed by atoms with Crippen molar-refractivity contribution in [1.29, 1.82) is 0 Å². The SMILES string of the molecule is COc1[nH]c(=O)c(C)cc1COC(CO)CO. The summed E-state index contributed by atoms with van der Waals surface area (Å²) in [5.74, 6) is 0.329. The zero-order valence-corrected chi connectivity index (χ0v) is 9.90. The largest absolute Gasteiger partial charge is 0.482 e. The second-order valence-electron chi connectivity index (χ2n) is 3.64. The van der Waals surface area contributed by atoms with E-state index in [-0.39, 0.29) is 25.4 Å². The van der Waals surface area contributed by atoms with E-state index in [2.05, 4.69) is 4.98 Å². The molecule has 0 saturated heterocycles. The molecule has 6 nitrogen and oxygen atoms in total. The maximum atomic E-state index is 11.3. The van der Waals surface area contributed by atoms with Crippen molar-refractivity contribution in [3.05, 3.63) is 27.5 Å². The molecule has 1 aromatic heterocycles. The van der Waals surface area contributed by atoms with E-state index in [0.29, 0.717) is 17.0 Å². The highest BCUT2D eigenvalue weighted by Crippen LogP contribution is 2.15. The molecule has 0 saturated carbocycles. The number of hydrogen-bond acceptors (Lipinski definition) is 5. The first-order valence-corrected chi connectivity index (χ1v) is 5.22. The summed E-state index contributed by atoms with van der Waals surface area (Å²) in [6, 6.07) is 1.66. The molecule has 0 radical (unpaired) electrons. The van der Waals surface area contributed by atoms with Crippen LogP contribution in [0.4, 0.5) is 0 Å². The third-order valence-corrected chi connectivity index (χ3v) is 2.35. The summed E-state index contributed by atoms with van der Waals surface area (Å²) >= 11 is 0. The molecule has 1 aromatic rings. The number of aromatic amines is 1. The topological polar surface area (TPSA) is 91.8 Å². The zero-order valence-electron chi connectivity index (χ0n) is 9.90. The fraction of sp³-hybridized carbons (Fsp3) is 0.545. The van der Waals surface area contributed by atoms with E-state index in [1.807, 2.05) is 0 Å². The van der Waals surface area contributed by atoms with Crippen molar-refractivity contribution < 1.29 is 19.7 Å². The Morgan fingerprint density at radius 2 is 2.06 bits per heavy atom. The molecule has 0 aromatic carbocycles. The Labute approximate surface area is 98.8 Å². The lowest BCUT2D eigenvalue weighted by Crippen LogP contribution is -2.22. The lowest BCUT2D eigenvalue weighted by molar-refractivity contribution is -0.0291. The Morgan fingerprint density at radius 1 is 1.41 bits per heavy atom. The highest BCUT2D eigenvalue weighted by molar-refractivity contribution is 5.28. The van der Waals surface area contributed by atoms with Crippen LogP contribution < -0.4 is 10.3 Å². The second-order valence-corrected chi connectivity index (χ2v) is 3.64. The Bertz CT molecular complexity index is 411. The summed E-state index contributed by atoms with van der Waals surface area (Å²) < 4.78 is 10.3. The average Bonchev–Trinajstić information content (AvgIpc) is 2.34. The third-order valence-electron chi connectivity index (χ3n) is 2.35. The normalized spacial score (nSPS) is 10.9. The van der Waals surface area contributed by atoms with E-state index in [0.717, 1.165) is 0 Å². The van der Waals surface area contributed by atoms with Crippen LogP contribution in [0.5, 0.6) is 5.88 Å². The molecule has 3 N–H and O–H groups in total. The fourth-order valence-electron chi connectivity index (χ4n) is 1.33. The van der Waals surface area contributed by atoms with Crippen molar-refractivity contribution in [2.75, 3.05) is 20.3 Å². The minimum Gasteiger partial charge on any atom is -0.482 e. The van der Waals surface area contributed by atoms with E-state index in [1.165, 1.54) is 7.11 Å². The molecule has 0 aliphatic heterocycles. The minimum atomic E-state index is -0.632. The monoisotopic (exact) mass is 243 g/mol. The number of aromatic nitrogens is 1. The van der Waals surface area contributed by atoms with Crippen LogP contribution in [0.3, 0.4) is 0 Å². The highest BCUT2D eigenvalue weighted by Gasteiger charge is 2.10. The molecule has 0 bridgehead atoms. The summed E-state index contributed by atoms with van der Waals surface area (Å²) in [5, 5.41) is 17.7. The minimum absolute atomic E-state index is 0.145. The van der Waals surface area contributed by atoms with Crippen molar-refractivity contribution in [3.63, 3.8) is 0 Å². The molecule has 0 spiro atoms. The molecule has 0 aliphatic carbocycles. The van der Waals surface area contributed by atoms with Gasteiger partial charge >= 0.3 is 0 Å². The van der Waals surface area contributed by atoms with Crippen molar-refractivity contribution in [1.82, 2.24) is 4.98 Å². The standard InChI is InChI=1S/C11H17NO5/c1-7-3-8(6-17-9(4-13)5-14)11(16-2)12-10(7)15/h3,9,13-14H,4-6H2,1-2H3,(H,12,15). The van der Waals surface area contributed by atoms with Gasteiger partial charge in [0.05, 0.1) is 26.9 Å². The Hall–Kier alpha value is -1.37. The van der Waals surface area contributed by atoms with Crippen LogP contribution in [0.1, 0.15) is 11.1 Å². The van der Waals surface area contributed by atoms with Gasteiger partial charge in [0.25, 0.3) is 5.56 Å². The van der Waals surface area contributed by atoms with Crippen LogP contribution in [0.15, 0.2) is 10.9 Å². The van der Waals surface area contributed by atoms with Gasteiger partial charge in [-0.15, -0.1) is 0 Å². The molecule has 0 atom stereocenters. The van der Waals surface area contributed by atoms with Gasteiger partial charge in [-0.05, 0) is 13.0 Å². The summed E-state index contributed by atoms with van der Waals surface area (Å²) in [5.41, 5.74) is 0.997. The molecule has 0 aliphatic rings. The molecule has 1 heterocycles. The summed E-state index contributed by atoms with van der Waals surface area (Å²) in [4.78, 5) is 13.9. The molecule has 6 heteroatoms. The molecule has 96 valence electrons. The van der Waals surface area contributed by atoms with Crippen molar-refractivity contribution >= 4 is 0 Å². The molecular formula is C11H17NO5. The Balaban J connectivity index is 2.83. The lowest BCUT2D eigenvalue weighted by atomic mass is 10.2. The van der Waals surface area contributed by atoms with Gasteiger partial charge in [-0.1, -0.05) is 0 Å². The van der Waals surface area contributed by atoms with Gasteiger partial charge in [0, 0.05) is 11.1 Å². The van der Waals surface area contributed by atoms with Crippen molar-refractivity contribution in [2.24, 2.45) is 0 Å². The molecule has 1 rings (SSSR count). The molecule has 0 unspecified atom stereocenters. The summed E-state index contributed by atoms with van der Waals surface area (Å²) in [6.07, 6.45) is -0.632. The second kappa shape index (κ2) is 6.39. The first-order chi connectivity index (χ1) is 8.12. The van der Waals surface area contributed by atoms with Gasteiger partial charge < -0.3 is 19.7 Å². The molecule has 0 fully saturated rings. The first-order valence-electron chi connectivity index (χ1n) is 5.22. The predicted molar refractivity (Wildman–Crippen MR) is 61.1 cm³/mol. The van der Waals surface area contributed by atoms with Gasteiger partial charge in [-0.3, -0.25) is 9.78 Å². The number of methoxy groups -OCH3 is 1. The van der Waals surface area contributed by atoms with Crippen LogP contribution in [0.2, 0.25) is 0 Å². The number of hydrogen-bond donors (Lipinski definition) is 3. The highest BCUT2D eigenvalue weighted by atomic mass is 16.5. The van der Waals surface area contributed by atoms with Gasteiger partial charge in [-0.2, -0.15) is 0 Å². The van der Waals surface area contributed by atoms with Crippen LogP contribution >= 0.6 is 0 Å². The number of rotatable bonds is 6. The van der Waals surface area contributed by atoms with Crippen molar-refractivity contribution in [2.45, 2.75) is 19.6 Å². The van der Waals surface area contributed by atoms with Crippen LogP contribution in [0, 0.1) is 6.92 Å². The van der Waals surface area contributed by atoms with Crippen LogP contribution in [-0.2, 0) is 11.3 Å². The summed E-state index contributed by atoms with van der Waals surface area (Å²) in [7, 11) is 1.44. The number of nitrogens with one attached hydrogen (secondary N) is 1. The maximum Gasteiger partial charge on any atom is 0.253 e. The fourth-order valence-corrected chi connectivity index (χ4v) is 1.33. The van der Waals surface area contributed by atoms with Crippen LogP contribution in [0.25, 0.3) is 0 Å². The Kier molecular flexibility index (Phi) is 5.14. The van der Waals surface area contributed by atoms with Gasteiger partial charge in [0.2, 0.25) is 0 Å². The zero-order chi connectivity index (χ0) is 12.8. The van der Waals surface area contributed by atoms with E-state index in [4.69, 9.17) is 19.7 Å². The number of aliphatic hydroxyl groups is 2. The molecule has 0 amide bonds. The maximum absolute atomic E-state index is 11.3.